The number of amides is 2. The second kappa shape index (κ2) is 10.8. The van der Waals surface area contributed by atoms with Crippen LogP contribution in [0.1, 0.15) is 40.0 Å². The van der Waals surface area contributed by atoms with Crippen LogP contribution in [0.25, 0.3) is 0 Å². The average Bonchev–Trinajstić information content (AvgIpc) is 2.46. The Morgan fingerprint density at radius 3 is 2.26 bits per heavy atom. The smallest absolute Gasteiger partial charge is 0.407 e. The summed E-state index contributed by atoms with van der Waals surface area (Å²) in [5.41, 5.74) is -0.515. The monoisotopic (exact) mass is 331 g/mol. The SMILES string of the molecule is CNC(CCCCNC(=O)OC(C)(C)C)C(=O)NCC(=O)OC. The maximum absolute atomic E-state index is 11.9. The highest BCUT2D eigenvalue weighted by molar-refractivity contribution is 5.85. The Morgan fingerprint density at radius 2 is 1.74 bits per heavy atom. The number of carbonyl (C=O) groups is 3. The molecule has 0 aliphatic rings. The van der Waals surface area contributed by atoms with Crippen LogP contribution in [0.15, 0.2) is 0 Å². The van der Waals surface area contributed by atoms with Crippen LogP contribution in [-0.4, -0.2) is 56.9 Å². The van der Waals surface area contributed by atoms with Crippen molar-refractivity contribution in [1.82, 2.24) is 16.0 Å². The molecule has 1 atom stereocenters. The van der Waals surface area contributed by atoms with Crippen molar-refractivity contribution in [2.45, 2.75) is 51.7 Å². The molecule has 0 bridgehead atoms. The lowest BCUT2D eigenvalue weighted by Gasteiger charge is -2.19. The largest absolute Gasteiger partial charge is 0.468 e. The second-order valence-electron chi connectivity index (χ2n) is 6.06. The fourth-order valence-corrected chi connectivity index (χ4v) is 1.74. The quantitative estimate of drug-likeness (QED) is 0.421. The summed E-state index contributed by atoms with van der Waals surface area (Å²) in [6.07, 6.45) is 1.62. The molecule has 8 heteroatoms. The molecule has 23 heavy (non-hydrogen) atoms. The van der Waals surface area contributed by atoms with Crippen LogP contribution in [0.4, 0.5) is 4.79 Å². The van der Waals surface area contributed by atoms with Crippen molar-refractivity contribution >= 4 is 18.0 Å². The number of likely N-dealkylation sites (N-methyl/N-ethyl adjacent to an activating group) is 1. The molecule has 0 radical (unpaired) electrons. The number of unbranched alkanes of at least 4 members (excludes halogenated alkanes) is 1. The number of rotatable bonds is 9. The van der Waals surface area contributed by atoms with Crippen molar-refractivity contribution in [3.05, 3.63) is 0 Å². The van der Waals surface area contributed by atoms with Gasteiger partial charge in [0.2, 0.25) is 5.91 Å². The van der Waals surface area contributed by atoms with E-state index in [1.807, 2.05) is 0 Å². The molecule has 8 nitrogen and oxygen atoms in total. The predicted octanol–water partition coefficient (Wildman–Crippen LogP) is 0.559. The van der Waals surface area contributed by atoms with Gasteiger partial charge in [-0.25, -0.2) is 4.79 Å². The van der Waals surface area contributed by atoms with Crippen molar-refractivity contribution in [3.8, 4) is 0 Å². The summed E-state index contributed by atoms with van der Waals surface area (Å²) in [6.45, 7) is 5.74. The lowest BCUT2D eigenvalue weighted by atomic mass is 10.1. The van der Waals surface area contributed by atoms with Crippen molar-refractivity contribution in [2.24, 2.45) is 0 Å². The Bertz CT molecular complexity index is 393. The summed E-state index contributed by atoms with van der Waals surface area (Å²) in [5, 5.41) is 8.07. The zero-order valence-electron chi connectivity index (χ0n) is 14.7. The third-order valence-electron chi connectivity index (χ3n) is 2.89. The minimum atomic E-state index is -0.515. The predicted molar refractivity (Wildman–Crippen MR) is 86.0 cm³/mol. The van der Waals surface area contributed by atoms with E-state index in [-0.39, 0.29) is 18.5 Å². The standard InChI is InChI=1S/C15H29N3O5/c1-15(2,3)23-14(21)17-9-7-6-8-11(16-4)13(20)18-10-12(19)22-5/h11,16H,6-10H2,1-5H3,(H,17,21)(H,18,20). The topological polar surface area (TPSA) is 106 Å². The van der Waals surface area contributed by atoms with Crippen LogP contribution in [0.2, 0.25) is 0 Å². The summed E-state index contributed by atoms with van der Waals surface area (Å²) in [6, 6.07) is -0.388. The highest BCUT2D eigenvalue weighted by Crippen LogP contribution is 2.06. The highest BCUT2D eigenvalue weighted by Gasteiger charge is 2.17. The van der Waals surface area contributed by atoms with Gasteiger partial charge in [-0.05, 0) is 47.1 Å². The van der Waals surface area contributed by atoms with Crippen LogP contribution in [-0.2, 0) is 19.1 Å². The van der Waals surface area contributed by atoms with E-state index in [4.69, 9.17) is 4.74 Å². The molecule has 0 rings (SSSR count). The third-order valence-corrected chi connectivity index (χ3v) is 2.89. The Labute approximate surface area is 137 Å². The first-order valence-electron chi connectivity index (χ1n) is 7.68. The zero-order chi connectivity index (χ0) is 17.9. The van der Waals surface area contributed by atoms with E-state index in [2.05, 4.69) is 20.7 Å². The first-order chi connectivity index (χ1) is 10.7. The van der Waals surface area contributed by atoms with Crippen LogP contribution >= 0.6 is 0 Å². The molecule has 0 aliphatic carbocycles. The molecule has 0 fully saturated rings. The highest BCUT2D eigenvalue weighted by atomic mass is 16.6. The molecule has 2 amide bonds. The number of methoxy groups -OCH3 is 1. The van der Waals surface area contributed by atoms with Crippen LogP contribution < -0.4 is 16.0 Å². The summed E-state index contributed by atoms with van der Waals surface area (Å²) in [5.74, 6) is -0.743. The molecule has 0 aromatic rings. The Kier molecular flexibility index (Phi) is 9.96. The maximum Gasteiger partial charge on any atom is 0.407 e. The van der Waals surface area contributed by atoms with Gasteiger partial charge >= 0.3 is 12.1 Å². The van der Waals surface area contributed by atoms with Crippen molar-refractivity contribution in [2.75, 3.05) is 27.2 Å². The molecule has 0 aromatic heterocycles. The van der Waals surface area contributed by atoms with Gasteiger partial charge in [0.05, 0.1) is 13.2 Å². The zero-order valence-corrected chi connectivity index (χ0v) is 14.7. The molecule has 0 aromatic carbocycles. The van der Waals surface area contributed by atoms with Gasteiger partial charge in [-0.15, -0.1) is 0 Å². The van der Waals surface area contributed by atoms with Gasteiger partial charge in [0, 0.05) is 6.54 Å². The lowest BCUT2D eigenvalue weighted by molar-refractivity contribution is -0.141. The van der Waals surface area contributed by atoms with Crippen molar-refractivity contribution < 1.29 is 23.9 Å². The fourth-order valence-electron chi connectivity index (χ4n) is 1.74. The summed E-state index contributed by atoms with van der Waals surface area (Å²) >= 11 is 0. The Hall–Kier alpha value is -1.83. The van der Waals surface area contributed by atoms with E-state index in [1.54, 1.807) is 27.8 Å². The number of hydrogen-bond donors (Lipinski definition) is 3. The van der Waals surface area contributed by atoms with Gasteiger partial charge in [0.15, 0.2) is 0 Å². The first-order valence-corrected chi connectivity index (χ1v) is 7.68. The molecule has 0 aliphatic heterocycles. The molecule has 0 saturated heterocycles. The molecule has 134 valence electrons. The molecule has 0 saturated carbocycles. The minimum absolute atomic E-state index is 0.145. The summed E-state index contributed by atoms with van der Waals surface area (Å²) in [7, 11) is 2.95. The lowest BCUT2D eigenvalue weighted by Crippen LogP contribution is -2.44. The van der Waals surface area contributed by atoms with Crippen LogP contribution in [0, 0.1) is 0 Å². The van der Waals surface area contributed by atoms with Gasteiger partial charge in [0.25, 0.3) is 0 Å². The Balaban J connectivity index is 3.89. The molecule has 3 N–H and O–H groups in total. The van der Waals surface area contributed by atoms with Crippen LogP contribution in [0.5, 0.6) is 0 Å². The van der Waals surface area contributed by atoms with Crippen LogP contribution in [0.3, 0.4) is 0 Å². The van der Waals surface area contributed by atoms with Gasteiger partial charge in [-0.2, -0.15) is 0 Å². The van der Waals surface area contributed by atoms with Crippen molar-refractivity contribution in [3.63, 3.8) is 0 Å². The number of carbonyl (C=O) groups excluding carboxylic acids is 3. The van der Waals surface area contributed by atoms with Gasteiger partial charge in [-0.3, -0.25) is 9.59 Å². The van der Waals surface area contributed by atoms with E-state index in [0.29, 0.717) is 13.0 Å². The molecule has 0 heterocycles. The molecular formula is C15H29N3O5. The molecule has 0 spiro atoms. The second-order valence-corrected chi connectivity index (χ2v) is 6.06. The van der Waals surface area contributed by atoms with E-state index in [1.165, 1.54) is 7.11 Å². The van der Waals surface area contributed by atoms with E-state index in [9.17, 15) is 14.4 Å². The number of ether oxygens (including phenoxy) is 2. The average molecular weight is 331 g/mol. The number of esters is 1. The Morgan fingerprint density at radius 1 is 1.09 bits per heavy atom. The summed E-state index contributed by atoms with van der Waals surface area (Å²) in [4.78, 5) is 34.3. The number of alkyl carbamates (subject to hydrolysis) is 1. The van der Waals surface area contributed by atoms with Crippen molar-refractivity contribution in [1.29, 1.82) is 0 Å². The fraction of sp³-hybridized carbons (Fsp3) is 0.800. The molecular weight excluding hydrogens is 302 g/mol. The first kappa shape index (κ1) is 21.2. The normalized spacial score (nSPS) is 12.2. The summed E-state index contributed by atoms with van der Waals surface area (Å²) < 4.78 is 9.58. The number of hydrogen-bond acceptors (Lipinski definition) is 6. The van der Waals surface area contributed by atoms with Gasteiger partial charge in [0.1, 0.15) is 12.1 Å². The number of nitrogens with one attached hydrogen (secondary N) is 3. The van der Waals surface area contributed by atoms with Gasteiger partial charge in [-0.1, -0.05) is 0 Å². The van der Waals surface area contributed by atoms with E-state index < -0.39 is 17.7 Å². The molecule has 1 unspecified atom stereocenters. The van der Waals surface area contributed by atoms with E-state index >= 15 is 0 Å². The maximum atomic E-state index is 11.9. The van der Waals surface area contributed by atoms with Gasteiger partial charge < -0.3 is 25.4 Å². The van der Waals surface area contributed by atoms with E-state index in [0.717, 1.165) is 12.8 Å². The minimum Gasteiger partial charge on any atom is -0.468 e. The third kappa shape index (κ3) is 11.4.